The van der Waals surface area contributed by atoms with Gasteiger partial charge in [0.25, 0.3) is 0 Å². The minimum Gasteiger partial charge on any atom is -0.393 e. The Kier molecular flexibility index (Phi) is 2.86. The summed E-state index contributed by atoms with van der Waals surface area (Å²) in [6.45, 7) is 2.39. The van der Waals surface area contributed by atoms with Crippen LogP contribution in [0.25, 0.3) is 0 Å². The van der Waals surface area contributed by atoms with Gasteiger partial charge in [0.1, 0.15) is 0 Å². The fourth-order valence-corrected chi connectivity index (χ4v) is 0.957. The molecule has 0 spiro atoms. The van der Waals surface area contributed by atoms with Crippen LogP contribution in [0.5, 0.6) is 0 Å². The van der Waals surface area contributed by atoms with Gasteiger partial charge in [0, 0.05) is 0 Å². The highest BCUT2D eigenvalue weighted by molar-refractivity contribution is 4.94. The van der Waals surface area contributed by atoms with E-state index < -0.39 is 0 Å². The van der Waals surface area contributed by atoms with E-state index in [1.54, 1.807) is 6.92 Å². The summed E-state index contributed by atoms with van der Waals surface area (Å²) >= 11 is 0. The van der Waals surface area contributed by atoms with E-state index in [-0.39, 0.29) is 12.1 Å². The van der Waals surface area contributed by atoms with E-state index in [1.807, 2.05) is 12.2 Å². The summed E-state index contributed by atoms with van der Waals surface area (Å²) in [6.07, 6.45) is 4.39. The minimum absolute atomic E-state index is 0.175. The molecule has 2 unspecified atom stereocenters. The molecule has 0 aromatic rings. The van der Waals surface area contributed by atoms with Crippen LogP contribution in [0.1, 0.15) is 13.3 Å². The molecule has 0 aromatic heterocycles. The molecule has 0 amide bonds. The quantitative estimate of drug-likeness (QED) is 0.543. The normalized spacial score (nSPS) is 28.4. The zero-order chi connectivity index (χ0) is 7.40. The smallest absolute Gasteiger partial charge is 0.0864 e. The zero-order valence-electron chi connectivity index (χ0n) is 6.08. The Labute approximate surface area is 60.6 Å². The predicted molar refractivity (Wildman–Crippen MR) is 38.3 cm³/mol. The van der Waals surface area contributed by atoms with Gasteiger partial charge >= 0.3 is 0 Å². The Balaban J connectivity index is 2.26. The van der Waals surface area contributed by atoms with Gasteiger partial charge in [-0.1, -0.05) is 12.2 Å². The van der Waals surface area contributed by atoms with Crippen LogP contribution in [-0.4, -0.2) is 23.9 Å². The highest BCUT2D eigenvalue weighted by Gasteiger charge is 2.09. The lowest BCUT2D eigenvalue weighted by Crippen LogP contribution is -2.33. The summed E-state index contributed by atoms with van der Waals surface area (Å²) in [7, 11) is 0. The summed E-state index contributed by atoms with van der Waals surface area (Å²) in [5, 5.41) is 8.98. The van der Waals surface area contributed by atoms with Crippen molar-refractivity contribution in [1.29, 1.82) is 0 Å². The van der Waals surface area contributed by atoms with Crippen molar-refractivity contribution in [1.82, 2.24) is 5.48 Å². The summed E-state index contributed by atoms with van der Waals surface area (Å²) < 4.78 is 0. The van der Waals surface area contributed by atoms with Crippen molar-refractivity contribution >= 4 is 0 Å². The average Bonchev–Trinajstić information content (AvgIpc) is 1.88. The summed E-state index contributed by atoms with van der Waals surface area (Å²) in [5.74, 6) is 0. The van der Waals surface area contributed by atoms with Crippen molar-refractivity contribution in [3.8, 4) is 0 Å². The largest absolute Gasteiger partial charge is 0.393 e. The van der Waals surface area contributed by atoms with E-state index in [4.69, 9.17) is 9.94 Å². The van der Waals surface area contributed by atoms with Gasteiger partial charge in [0.05, 0.1) is 18.8 Å². The van der Waals surface area contributed by atoms with Crippen molar-refractivity contribution in [2.24, 2.45) is 0 Å². The molecule has 0 saturated carbocycles. The van der Waals surface area contributed by atoms with Crippen molar-refractivity contribution in [2.75, 3.05) is 6.61 Å². The van der Waals surface area contributed by atoms with Crippen molar-refractivity contribution in [3.05, 3.63) is 12.2 Å². The molecule has 3 heteroatoms. The number of hydrogen-bond donors (Lipinski definition) is 2. The Morgan fingerprint density at radius 3 is 3.20 bits per heavy atom. The van der Waals surface area contributed by atoms with Crippen LogP contribution in [0.15, 0.2) is 12.2 Å². The lowest BCUT2D eigenvalue weighted by Gasteiger charge is -2.18. The number of rotatable bonds is 2. The van der Waals surface area contributed by atoms with E-state index in [1.165, 1.54) is 0 Å². The van der Waals surface area contributed by atoms with Gasteiger partial charge in [-0.3, -0.25) is 4.84 Å². The molecule has 1 aliphatic rings. The number of hydrogen-bond acceptors (Lipinski definition) is 3. The van der Waals surface area contributed by atoms with Crippen LogP contribution >= 0.6 is 0 Å². The molecule has 0 radical (unpaired) electrons. The van der Waals surface area contributed by atoms with Crippen molar-refractivity contribution in [2.45, 2.75) is 25.5 Å². The first-order valence-electron chi connectivity index (χ1n) is 3.51. The molecule has 0 bridgehead atoms. The molecule has 10 heavy (non-hydrogen) atoms. The lowest BCUT2D eigenvalue weighted by atomic mass is 10.1. The average molecular weight is 143 g/mol. The van der Waals surface area contributed by atoms with Gasteiger partial charge < -0.3 is 5.11 Å². The number of aliphatic hydroxyl groups excluding tert-OH is 1. The Bertz CT molecular complexity index is 123. The first-order chi connectivity index (χ1) is 4.79. The Morgan fingerprint density at radius 1 is 1.90 bits per heavy atom. The predicted octanol–water partition coefficient (Wildman–Crippen LogP) is 0.217. The van der Waals surface area contributed by atoms with E-state index in [0.717, 1.165) is 0 Å². The first kappa shape index (κ1) is 7.72. The zero-order valence-corrected chi connectivity index (χ0v) is 6.08. The van der Waals surface area contributed by atoms with E-state index in [9.17, 15) is 0 Å². The fraction of sp³-hybridized carbons (Fsp3) is 0.714. The minimum atomic E-state index is -0.274. The highest BCUT2D eigenvalue weighted by atomic mass is 16.6. The third-order valence-electron chi connectivity index (χ3n) is 1.38. The highest BCUT2D eigenvalue weighted by Crippen LogP contribution is 2.02. The monoisotopic (exact) mass is 143 g/mol. The molecule has 1 aliphatic heterocycles. The number of nitrogens with one attached hydrogen (secondary N) is 1. The molecule has 1 rings (SSSR count). The maximum Gasteiger partial charge on any atom is 0.0864 e. The molecule has 1 heterocycles. The molecule has 0 fully saturated rings. The maximum absolute atomic E-state index is 8.98. The van der Waals surface area contributed by atoms with E-state index in [0.29, 0.717) is 13.0 Å². The van der Waals surface area contributed by atoms with Gasteiger partial charge in [0.2, 0.25) is 0 Å². The van der Waals surface area contributed by atoms with Crippen LogP contribution in [-0.2, 0) is 4.84 Å². The second kappa shape index (κ2) is 3.71. The van der Waals surface area contributed by atoms with Gasteiger partial charge in [-0.2, -0.15) is 5.48 Å². The molecular weight excluding hydrogens is 130 g/mol. The fourth-order valence-electron chi connectivity index (χ4n) is 0.957. The van der Waals surface area contributed by atoms with E-state index in [2.05, 4.69) is 5.48 Å². The molecule has 3 nitrogen and oxygen atoms in total. The molecule has 0 aromatic carbocycles. The maximum atomic E-state index is 8.98. The van der Waals surface area contributed by atoms with Crippen LogP contribution in [0, 0.1) is 0 Å². The third kappa shape index (κ3) is 2.47. The second-order valence-electron chi connectivity index (χ2n) is 2.55. The van der Waals surface area contributed by atoms with Crippen LogP contribution in [0.4, 0.5) is 0 Å². The number of aliphatic hydroxyl groups is 1. The van der Waals surface area contributed by atoms with Gasteiger partial charge in [0.15, 0.2) is 0 Å². The SMILES string of the molecule is CC(O)CC1C=CCON1. The standard InChI is InChI=1S/C7H13NO2/c1-6(9)5-7-3-2-4-10-8-7/h2-3,6-9H,4-5H2,1H3. The third-order valence-corrected chi connectivity index (χ3v) is 1.38. The van der Waals surface area contributed by atoms with Gasteiger partial charge in [-0.15, -0.1) is 0 Å². The molecule has 58 valence electrons. The number of hydroxylamine groups is 1. The van der Waals surface area contributed by atoms with Crippen molar-refractivity contribution in [3.63, 3.8) is 0 Å². The first-order valence-corrected chi connectivity index (χ1v) is 3.51. The summed E-state index contributed by atoms with van der Waals surface area (Å²) in [4.78, 5) is 4.94. The Morgan fingerprint density at radius 2 is 2.70 bits per heavy atom. The molecule has 0 aliphatic carbocycles. The van der Waals surface area contributed by atoms with Gasteiger partial charge in [-0.05, 0) is 13.3 Å². The molecule has 0 saturated heterocycles. The topological polar surface area (TPSA) is 41.5 Å². The Hall–Kier alpha value is -0.380. The van der Waals surface area contributed by atoms with E-state index >= 15 is 0 Å². The molecule has 2 N–H and O–H groups in total. The van der Waals surface area contributed by atoms with Crippen LogP contribution < -0.4 is 5.48 Å². The summed E-state index contributed by atoms with van der Waals surface area (Å²) in [5.41, 5.74) is 2.80. The van der Waals surface area contributed by atoms with Gasteiger partial charge in [-0.25, -0.2) is 0 Å². The summed E-state index contributed by atoms with van der Waals surface area (Å²) in [6, 6.07) is 0.175. The second-order valence-corrected chi connectivity index (χ2v) is 2.55. The lowest BCUT2D eigenvalue weighted by molar-refractivity contribution is 0.0234. The van der Waals surface area contributed by atoms with Crippen LogP contribution in [0.2, 0.25) is 0 Å². The van der Waals surface area contributed by atoms with Crippen molar-refractivity contribution < 1.29 is 9.94 Å². The molecule has 2 atom stereocenters. The van der Waals surface area contributed by atoms with Crippen LogP contribution in [0.3, 0.4) is 0 Å². The molecular formula is C7H13NO2.